The lowest BCUT2D eigenvalue weighted by Gasteiger charge is -1.82. The topological polar surface area (TPSA) is 101 Å². The van der Waals surface area contributed by atoms with Crippen LogP contribution in [0, 0.1) is 11.3 Å². The lowest BCUT2D eigenvalue weighted by molar-refractivity contribution is 1.22. The Labute approximate surface area is 79.0 Å². The van der Waals surface area contributed by atoms with Crippen LogP contribution < -0.4 is 11.5 Å². The van der Waals surface area contributed by atoms with E-state index in [4.69, 9.17) is 16.7 Å². The number of nitrogens with two attached hydrogens (primary N) is 2. The Kier molecular flexibility index (Phi) is 3.00. The van der Waals surface area contributed by atoms with Crippen molar-refractivity contribution in [2.45, 2.75) is 0 Å². The molecule has 0 radical (unpaired) electrons. The van der Waals surface area contributed by atoms with Gasteiger partial charge in [0.2, 0.25) is 5.96 Å². The van der Waals surface area contributed by atoms with E-state index in [1.54, 1.807) is 11.4 Å². The lowest BCUT2D eigenvalue weighted by Crippen LogP contribution is -2.21. The molecule has 1 heterocycles. The minimum Gasteiger partial charge on any atom is -0.369 e. The van der Waals surface area contributed by atoms with Gasteiger partial charge in [0.15, 0.2) is 0 Å². The first-order valence-corrected chi connectivity index (χ1v) is 4.21. The van der Waals surface area contributed by atoms with E-state index in [9.17, 15) is 0 Å². The van der Waals surface area contributed by atoms with Gasteiger partial charge in [-0.15, -0.1) is 16.4 Å². The maximum Gasteiger partial charge on any atom is 0.211 e. The van der Waals surface area contributed by atoms with Crippen molar-refractivity contribution in [3.63, 3.8) is 0 Å². The molecular formula is C7H7N5S. The summed E-state index contributed by atoms with van der Waals surface area (Å²) in [5.41, 5.74) is 10.7. The second kappa shape index (κ2) is 4.23. The first kappa shape index (κ1) is 9.22. The molecule has 0 atom stereocenters. The molecule has 0 saturated carbocycles. The van der Waals surface area contributed by atoms with Crippen molar-refractivity contribution in [2.24, 2.45) is 21.7 Å². The van der Waals surface area contributed by atoms with Gasteiger partial charge >= 0.3 is 0 Å². The summed E-state index contributed by atoms with van der Waals surface area (Å²) in [5, 5.41) is 17.3. The molecule has 4 N–H and O–H groups in total. The fourth-order valence-electron chi connectivity index (χ4n) is 0.632. The van der Waals surface area contributed by atoms with Gasteiger partial charge in [0.25, 0.3) is 0 Å². The summed E-state index contributed by atoms with van der Waals surface area (Å²) in [6, 6.07) is 3.71. The highest BCUT2D eigenvalue weighted by atomic mass is 32.1. The summed E-state index contributed by atoms with van der Waals surface area (Å²) in [4.78, 5) is 0.835. The molecule has 5 nitrogen and oxygen atoms in total. The van der Waals surface area contributed by atoms with Crippen LogP contribution in [0.2, 0.25) is 0 Å². The normalized spacial score (nSPS) is 9.77. The van der Waals surface area contributed by atoms with Gasteiger partial charge in [-0.05, 0) is 6.07 Å². The molecule has 1 aromatic rings. The van der Waals surface area contributed by atoms with Crippen molar-refractivity contribution >= 4 is 23.5 Å². The Bertz CT molecular complexity index is 380. The molecule has 1 aromatic heterocycles. The molecule has 0 amide bonds. The number of hydrogen-bond donors (Lipinski definition) is 2. The largest absolute Gasteiger partial charge is 0.369 e. The third kappa shape index (κ3) is 2.92. The number of hydrogen-bond acceptors (Lipinski definition) is 4. The number of nitriles is 1. The molecule has 0 aliphatic rings. The van der Waals surface area contributed by atoms with Crippen LogP contribution in [0.5, 0.6) is 0 Å². The van der Waals surface area contributed by atoms with Crippen LogP contribution in [0.25, 0.3) is 0 Å². The molecule has 0 bridgehead atoms. The molecule has 0 aliphatic heterocycles. The summed E-state index contributed by atoms with van der Waals surface area (Å²) in [6.07, 6.45) is 1.49. The molecule has 6 heteroatoms. The van der Waals surface area contributed by atoms with Crippen LogP contribution in [0.3, 0.4) is 0 Å². The molecule has 0 aromatic carbocycles. The summed E-state index contributed by atoms with van der Waals surface area (Å²) in [5.74, 6) is -0.0895. The van der Waals surface area contributed by atoms with Crippen molar-refractivity contribution in [2.75, 3.05) is 0 Å². The zero-order valence-electron chi connectivity index (χ0n) is 6.64. The zero-order chi connectivity index (χ0) is 9.68. The van der Waals surface area contributed by atoms with E-state index in [1.807, 2.05) is 6.07 Å². The van der Waals surface area contributed by atoms with Crippen LogP contribution in [-0.4, -0.2) is 12.2 Å². The van der Waals surface area contributed by atoms with Crippen LogP contribution >= 0.6 is 11.3 Å². The second-order valence-electron chi connectivity index (χ2n) is 2.12. The molecule has 0 aliphatic carbocycles. The Balaban J connectivity index is 2.70. The summed E-state index contributed by atoms with van der Waals surface area (Å²) >= 11 is 1.40. The number of nitrogens with zero attached hydrogens (tertiary/aromatic N) is 3. The van der Waals surface area contributed by atoms with Gasteiger partial charge in [0.05, 0.1) is 11.8 Å². The average Bonchev–Trinajstić information content (AvgIpc) is 2.52. The predicted octanol–water partition coefficient (Wildman–Crippen LogP) is 0.227. The Morgan fingerprint density at radius 3 is 2.92 bits per heavy atom. The third-order valence-corrected chi connectivity index (χ3v) is 1.97. The maximum absolute atomic E-state index is 8.51. The quantitative estimate of drug-likeness (QED) is 0.399. The van der Waals surface area contributed by atoms with E-state index in [-0.39, 0.29) is 5.96 Å². The summed E-state index contributed by atoms with van der Waals surface area (Å²) < 4.78 is 0. The van der Waals surface area contributed by atoms with Crippen LogP contribution in [0.4, 0.5) is 0 Å². The van der Waals surface area contributed by atoms with Crippen LogP contribution in [0.15, 0.2) is 21.6 Å². The SMILES string of the molecule is N#Cc1csc(/C=N/N=C(N)N)c1. The average molecular weight is 193 g/mol. The fraction of sp³-hybridized carbons (Fsp3) is 0. The Morgan fingerprint density at radius 1 is 1.62 bits per heavy atom. The molecule has 0 fully saturated rings. The molecule has 0 spiro atoms. The molecule has 0 unspecified atom stereocenters. The summed E-state index contributed by atoms with van der Waals surface area (Å²) in [6.45, 7) is 0. The Morgan fingerprint density at radius 2 is 2.38 bits per heavy atom. The maximum atomic E-state index is 8.51. The van der Waals surface area contributed by atoms with E-state index < -0.39 is 0 Å². The van der Waals surface area contributed by atoms with Crippen molar-refractivity contribution in [1.29, 1.82) is 5.26 Å². The second-order valence-corrected chi connectivity index (χ2v) is 3.06. The van der Waals surface area contributed by atoms with Gasteiger partial charge in [0.1, 0.15) is 6.07 Å². The predicted molar refractivity (Wildman–Crippen MR) is 52.4 cm³/mol. The van der Waals surface area contributed by atoms with Crippen molar-refractivity contribution in [3.8, 4) is 6.07 Å². The molecule has 13 heavy (non-hydrogen) atoms. The van der Waals surface area contributed by atoms with E-state index in [0.29, 0.717) is 5.56 Å². The van der Waals surface area contributed by atoms with Gasteiger partial charge in [-0.1, -0.05) is 0 Å². The molecule has 1 rings (SSSR count). The van der Waals surface area contributed by atoms with Gasteiger partial charge < -0.3 is 11.5 Å². The van der Waals surface area contributed by atoms with E-state index in [0.717, 1.165) is 4.88 Å². The van der Waals surface area contributed by atoms with Crippen LogP contribution in [0.1, 0.15) is 10.4 Å². The van der Waals surface area contributed by atoms with Gasteiger partial charge in [-0.3, -0.25) is 0 Å². The summed E-state index contributed by atoms with van der Waals surface area (Å²) in [7, 11) is 0. The van der Waals surface area contributed by atoms with Crippen molar-refractivity contribution < 1.29 is 0 Å². The highest BCUT2D eigenvalue weighted by Crippen LogP contribution is 2.10. The lowest BCUT2D eigenvalue weighted by atomic mass is 10.3. The third-order valence-electron chi connectivity index (χ3n) is 1.11. The first-order chi connectivity index (χ1) is 6.22. The monoisotopic (exact) mass is 193 g/mol. The van der Waals surface area contributed by atoms with Crippen molar-refractivity contribution in [1.82, 2.24) is 0 Å². The van der Waals surface area contributed by atoms with Gasteiger partial charge in [-0.2, -0.15) is 10.4 Å². The number of rotatable bonds is 2. The van der Waals surface area contributed by atoms with E-state index in [2.05, 4.69) is 10.2 Å². The van der Waals surface area contributed by atoms with E-state index in [1.165, 1.54) is 17.6 Å². The first-order valence-electron chi connectivity index (χ1n) is 3.33. The fourth-order valence-corrected chi connectivity index (χ4v) is 1.32. The van der Waals surface area contributed by atoms with Crippen LogP contribution in [-0.2, 0) is 0 Å². The number of thiophene rings is 1. The minimum absolute atomic E-state index is 0.0895. The standard InChI is InChI=1S/C7H7N5S/c8-2-5-1-6(13-4-5)3-11-12-7(9)10/h1,3-4H,(H4,9,10,12)/b11-3+. The smallest absolute Gasteiger partial charge is 0.211 e. The van der Waals surface area contributed by atoms with Crippen molar-refractivity contribution in [3.05, 3.63) is 21.9 Å². The zero-order valence-corrected chi connectivity index (χ0v) is 7.45. The highest BCUT2D eigenvalue weighted by Gasteiger charge is 1.94. The van der Waals surface area contributed by atoms with Gasteiger partial charge in [0, 0.05) is 10.3 Å². The highest BCUT2D eigenvalue weighted by molar-refractivity contribution is 7.11. The van der Waals surface area contributed by atoms with E-state index >= 15 is 0 Å². The molecule has 66 valence electrons. The molecule has 0 saturated heterocycles. The van der Waals surface area contributed by atoms with Gasteiger partial charge in [-0.25, -0.2) is 0 Å². The molecular weight excluding hydrogens is 186 g/mol. The Hall–Kier alpha value is -1.87. The number of guanidine groups is 1. The minimum atomic E-state index is -0.0895.